The van der Waals surface area contributed by atoms with Gasteiger partial charge in [-0.2, -0.15) is 0 Å². The van der Waals surface area contributed by atoms with Gasteiger partial charge in [-0.25, -0.2) is 4.39 Å². The number of hydrogen-bond donors (Lipinski definition) is 1. The molecule has 0 saturated carbocycles. The Hall–Kier alpha value is -1.62. The SMILES string of the molecule is CN(CC1CCCOC1)C(=O)c1ccc(F)c(N)c1. The standard InChI is InChI=1S/C14H19FN2O2/c1-17(8-10-3-2-6-19-9-10)14(18)11-4-5-12(15)13(16)7-11/h4-5,7,10H,2-3,6,8-9,16H2,1H3. The van der Waals surface area contributed by atoms with Gasteiger partial charge in [-0.05, 0) is 37.0 Å². The van der Waals surface area contributed by atoms with E-state index in [2.05, 4.69) is 0 Å². The first-order chi connectivity index (χ1) is 9.08. The number of amides is 1. The summed E-state index contributed by atoms with van der Waals surface area (Å²) in [4.78, 5) is 13.8. The molecule has 1 aliphatic rings. The van der Waals surface area contributed by atoms with Gasteiger partial charge in [0, 0.05) is 25.8 Å². The van der Waals surface area contributed by atoms with Gasteiger partial charge in [0.25, 0.3) is 5.91 Å². The number of anilines is 1. The normalized spacial score (nSPS) is 19.2. The molecule has 1 aliphatic heterocycles. The van der Waals surface area contributed by atoms with Crippen LogP contribution < -0.4 is 5.73 Å². The van der Waals surface area contributed by atoms with Crippen LogP contribution in [0.4, 0.5) is 10.1 Å². The smallest absolute Gasteiger partial charge is 0.253 e. The number of nitrogens with zero attached hydrogens (tertiary/aromatic N) is 1. The van der Waals surface area contributed by atoms with E-state index in [-0.39, 0.29) is 11.6 Å². The zero-order valence-corrected chi connectivity index (χ0v) is 11.1. The van der Waals surface area contributed by atoms with E-state index in [9.17, 15) is 9.18 Å². The van der Waals surface area contributed by atoms with Crippen molar-refractivity contribution in [1.82, 2.24) is 4.90 Å². The van der Waals surface area contributed by atoms with Crippen molar-refractivity contribution in [3.05, 3.63) is 29.6 Å². The zero-order valence-electron chi connectivity index (χ0n) is 11.1. The number of halogens is 1. The molecule has 2 rings (SSSR count). The second-order valence-electron chi connectivity index (χ2n) is 5.01. The molecule has 0 aliphatic carbocycles. The Kier molecular flexibility index (Phi) is 4.37. The molecule has 104 valence electrons. The Morgan fingerprint density at radius 1 is 1.58 bits per heavy atom. The molecule has 2 N–H and O–H groups in total. The number of carbonyl (C=O) groups excluding carboxylic acids is 1. The maximum atomic E-state index is 13.1. The lowest BCUT2D eigenvalue weighted by Crippen LogP contribution is -2.35. The first-order valence-electron chi connectivity index (χ1n) is 6.46. The summed E-state index contributed by atoms with van der Waals surface area (Å²) in [6.07, 6.45) is 2.11. The highest BCUT2D eigenvalue weighted by atomic mass is 19.1. The highest BCUT2D eigenvalue weighted by Crippen LogP contribution is 2.17. The van der Waals surface area contributed by atoms with E-state index < -0.39 is 5.82 Å². The lowest BCUT2D eigenvalue weighted by atomic mass is 10.0. The van der Waals surface area contributed by atoms with E-state index in [1.165, 1.54) is 18.2 Å². The average molecular weight is 266 g/mol. The minimum Gasteiger partial charge on any atom is -0.396 e. The summed E-state index contributed by atoms with van der Waals surface area (Å²) >= 11 is 0. The molecule has 4 nitrogen and oxygen atoms in total. The third kappa shape index (κ3) is 3.44. The second kappa shape index (κ2) is 6.02. The highest BCUT2D eigenvalue weighted by Gasteiger charge is 2.20. The zero-order chi connectivity index (χ0) is 13.8. The highest BCUT2D eigenvalue weighted by molar-refractivity contribution is 5.94. The van der Waals surface area contributed by atoms with Crippen molar-refractivity contribution in [2.75, 3.05) is 32.5 Å². The minimum absolute atomic E-state index is 0.000231. The van der Waals surface area contributed by atoms with Crippen molar-refractivity contribution >= 4 is 11.6 Å². The van der Waals surface area contributed by atoms with Gasteiger partial charge >= 0.3 is 0 Å². The average Bonchev–Trinajstić information content (AvgIpc) is 2.42. The molecule has 1 saturated heterocycles. The molecule has 1 heterocycles. The van der Waals surface area contributed by atoms with E-state index >= 15 is 0 Å². The van der Waals surface area contributed by atoms with Crippen LogP contribution in [0.3, 0.4) is 0 Å². The monoisotopic (exact) mass is 266 g/mol. The number of nitrogen functional groups attached to an aromatic ring is 1. The van der Waals surface area contributed by atoms with Crippen molar-refractivity contribution < 1.29 is 13.9 Å². The van der Waals surface area contributed by atoms with Gasteiger partial charge in [-0.15, -0.1) is 0 Å². The molecule has 1 unspecified atom stereocenters. The fourth-order valence-corrected chi connectivity index (χ4v) is 2.32. The molecule has 1 atom stereocenters. The van der Waals surface area contributed by atoms with Crippen LogP contribution in [0.2, 0.25) is 0 Å². The second-order valence-corrected chi connectivity index (χ2v) is 5.01. The number of rotatable bonds is 3. The van der Waals surface area contributed by atoms with Gasteiger partial charge in [0.05, 0.1) is 12.3 Å². The lowest BCUT2D eigenvalue weighted by Gasteiger charge is -2.27. The van der Waals surface area contributed by atoms with Gasteiger partial charge in [-0.1, -0.05) is 0 Å². The summed E-state index contributed by atoms with van der Waals surface area (Å²) in [5.74, 6) is -0.266. The third-order valence-corrected chi connectivity index (χ3v) is 3.38. The molecule has 0 bridgehead atoms. The number of nitrogens with two attached hydrogens (primary N) is 1. The number of hydrogen-bond acceptors (Lipinski definition) is 3. The molecule has 1 amide bonds. The van der Waals surface area contributed by atoms with Crippen LogP contribution in [0.1, 0.15) is 23.2 Å². The largest absolute Gasteiger partial charge is 0.396 e. The van der Waals surface area contributed by atoms with E-state index in [1.807, 2.05) is 0 Å². The molecule has 1 aromatic rings. The van der Waals surface area contributed by atoms with Gasteiger partial charge in [0.15, 0.2) is 0 Å². The van der Waals surface area contributed by atoms with Crippen molar-refractivity contribution in [2.45, 2.75) is 12.8 Å². The van der Waals surface area contributed by atoms with Crippen LogP contribution in [0.15, 0.2) is 18.2 Å². The fraction of sp³-hybridized carbons (Fsp3) is 0.500. The van der Waals surface area contributed by atoms with Crippen molar-refractivity contribution in [3.63, 3.8) is 0 Å². The Labute approximate surface area is 112 Å². The van der Waals surface area contributed by atoms with Gasteiger partial charge < -0.3 is 15.4 Å². The lowest BCUT2D eigenvalue weighted by molar-refractivity contribution is 0.0388. The number of ether oxygens (including phenoxy) is 1. The summed E-state index contributed by atoms with van der Waals surface area (Å²) in [6.45, 7) is 2.15. The summed E-state index contributed by atoms with van der Waals surface area (Å²) < 4.78 is 18.5. The van der Waals surface area contributed by atoms with Crippen molar-refractivity contribution in [1.29, 1.82) is 0 Å². The summed E-state index contributed by atoms with van der Waals surface area (Å²) in [7, 11) is 1.75. The van der Waals surface area contributed by atoms with Crippen LogP contribution in [0.5, 0.6) is 0 Å². The van der Waals surface area contributed by atoms with E-state index in [4.69, 9.17) is 10.5 Å². The van der Waals surface area contributed by atoms with Crippen molar-refractivity contribution in [2.24, 2.45) is 5.92 Å². The molecule has 0 spiro atoms. The molecule has 1 aromatic carbocycles. The van der Waals surface area contributed by atoms with Crippen LogP contribution in [-0.4, -0.2) is 37.6 Å². The van der Waals surface area contributed by atoms with Gasteiger partial charge in [-0.3, -0.25) is 4.79 Å². The summed E-state index contributed by atoms with van der Waals surface area (Å²) in [5.41, 5.74) is 5.89. The maximum absolute atomic E-state index is 13.1. The van der Waals surface area contributed by atoms with E-state index in [0.717, 1.165) is 19.4 Å². The molecular weight excluding hydrogens is 247 g/mol. The van der Waals surface area contributed by atoms with E-state index in [1.54, 1.807) is 11.9 Å². The topological polar surface area (TPSA) is 55.6 Å². The molecule has 0 aromatic heterocycles. The third-order valence-electron chi connectivity index (χ3n) is 3.38. The Bertz CT molecular complexity index is 459. The predicted molar refractivity (Wildman–Crippen MR) is 71.3 cm³/mol. The summed E-state index contributed by atoms with van der Waals surface area (Å²) in [5, 5.41) is 0. The minimum atomic E-state index is -0.500. The fourth-order valence-electron chi connectivity index (χ4n) is 2.32. The first kappa shape index (κ1) is 13.8. The maximum Gasteiger partial charge on any atom is 0.253 e. The summed E-state index contributed by atoms with van der Waals surface area (Å²) in [6, 6.07) is 4.06. The molecule has 0 radical (unpaired) electrons. The van der Waals surface area contributed by atoms with Crippen LogP contribution >= 0.6 is 0 Å². The Morgan fingerprint density at radius 2 is 2.37 bits per heavy atom. The van der Waals surface area contributed by atoms with Crippen molar-refractivity contribution in [3.8, 4) is 0 Å². The van der Waals surface area contributed by atoms with Crippen LogP contribution in [-0.2, 0) is 4.74 Å². The molecule has 5 heteroatoms. The van der Waals surface area contributed by atoms with E-state index in [0.29, 0.717) is 24.6 Å². The quantitative estimate of drug-likeness (QED) is 0.850. The number of benzene rings is 1. The molecule has 1 fully saturated rings. The Balaban J connectivity index is 1.99. The number of carbonyl (C=O) groups is 1. The van der Waals surface area contributed by atoms with Crippen LogP contribution in [0.25, 0.3) is 0 Å². The van der Waals surface area contributed by atoms with Gasteiger partial charge in [0.2, 0.25) is 0 Å². The molecular formula is C14H19FN2O2. The van der Waals surface area contributed by atoms with Gasteiger partial charge in [0.1, 0.15) is 5.82 Å². The molecule has 19 heavy (non-hydrogen) atoms. The predicted octanol–water partition coefficient (Wildman–Crippen LogP) is 1.91. The Morgan fingerprint density at radius 3 is 3.00 bits per heavy atom. The first-order valence-corrected chi connectivity index (χ1v) is 6.46. The van der Waals surface area contributed by atoms with Crippen LogP contribution in [0, 0.1) is 11.7 Å².